The lowest BCUT2D eigenvalue weighted by Gasteiger charge is -2.12. The first-order valence-corrected chi connectivity index (χ1v) is 8.76. The number of rotatable bonds is 7. The molecular formula is C13H20O4S2. The number of ether oxygens (including phenoxy) is 1. The van der Waals surface area contributed by atoms with Crippen molar-refractivity contribution in [2.24, 2.45) is 0 Å². The average Bonchev–Trinajstić information content (AvgIpc) is 2.33. The first-order valence-electron chi connectivity index (χ1n) is 5.96. The Hall–Kier alpha value is -0.720. The van der Waals surface area contributed by atoms with Crippen LogP contribution in [0.2, 0.25) is 0 Å². The zero-order valence-corrected chi connectivity index (χ0v) is 13.4. The molecule has 0 N–H and O–H groups in total. The van der Waals surface area contributed by atoms with Crippen LogP contribution in [-0.2, 0) is 14.0 Å². The van der Waals surface area contributed by atoms with Gasteiger partial charge in [-0.05, 0) is 55.6 Å². The minimum Gasteiger partial charge on any atom is -0.497 e. The quantitative estimate of drug-likeness (QED) is 0.573. The Morgan fingerprint density at radius 3 is 2.26 bits per heavy atom. The van der Waals surface area contributed by atoms with Crippen LogP contribution >= 0.6 is 12.0 Å². The highest BCUT2D eigenvalue weighted by Crippen LogP contribution is 2.26. The molecule has 6 heteroatoms. The maximum atomic E-state index is 12.3. The second-order valence-electron chi connectivity index (χ2n) is 4.25. The molecule has 0 saturated carbocycles. The summed E-state index contributed by atoms with van der Waals surface area (Å²) in [5.74, 6) is 0.779. The Kier molecular flexibility index (Phi) is 6.16. The number of benzene rings is 1. The highest BCUT2D eigenvalue weighted by atomic mass is 32.2. The van der Waals surface area contributed by atoms with E-state index in [1.807, 2.05) is 6.26 Å². The highest BCUT2D eigenvalue weighted by Gasteiger charge is 2.20. The van der Waals surface area contributed by atoms with Gasteiger partial charge in [-0.15, -0.1) is 0 Å². The first-order chi connectivity index (χ1) is 8.92. The summed E-state index contributed by atoms with van der Waals surface area (Å²) in [6.07, 6.45) is 2.31. The van der Waals surface area contributed by atoms with Gasteiger partial charge >= 0.3 is 0 Å². The molecular weight excluding hydrogens is 284 g/mol. The van der Waals surface area contributed by atoms with Crippen molar-refractivity contribution in [3.63, 3.8) is 0 Å². The van der Waals surface area contributed by atoms with Gasteiger partial charge in [-0.25, -0.2) is 8.42 Å². The SMILES string of the molecule is COc1cc(C)c(S(=O)(=O)CCCOSC)c(C)c1. The molecule has 0 radical (unpaired) electrons. The molecule has 1 rings (SSSR count). The third-order valence-corrected chi connectivity index (χ3v) is 5.23. The molecule has 0 bridgehead atoms. The molecule has 0 saturated heterocycles. The normalized spacial score (nSPS) is 11.6. The molecule has 4 nitrogen and oxygen atoms in total. The fraction of sp³-hybridized carbons (Fsp3) is 0.538. The maximum Gasteiger partial charge on any atom is 0.178 e. The summed E-state index contributed by atoms with van der Waals surface area (Å²) in [4.78, 5) is 0.414. The summed E-state index contributed by atoms with van der Waals surface area (Å²) in [6.45, 7) is 4.02. The molecule has 0 fully saturated rings. The fourth-order valence-corrected chi connectivity index (χ4v) is 4.10. The van der Waals surface area contributed by atoms with E-state index < -0.39 is 9.84 Å². The van der Waals surface area contributed by atoms with Crippen molar-refractivity contribution in [3.8, 4) is 5.75 Å². The zero-order chi connectivity index (χ0) is 14.5. The smallest absolute Gasteiger partial charge is 0.178 e. The predicted octanol–water partition coefficient (Wildman–Crippen LogP) is 2.77. The Labute approximate surface area is 119 Å². The van der Waals surface area contributed by atoms with Crippen molar-refractivity contribution >= 4 is 21.9 Å². The lowest BCUT2D eigenvalue weighted by atomic mass is 10.1. The summed E-state index contributed by atoms with van der Waals surface area (Å²) in [5, 5.41) is 0. The maximum absolute atomic E-state index is 12.3. The van der Waals surface area contributed by atoms with E-state index in [0.717, 1.165) is 11.1 Å². The van der Waals surface area contributed by atoms with Crippen LogP contribution in [0, 0.1) is 13.8 Å². The number of methoxy groups -OCH3 is 1. The standard InChI is InChI=1S/C13H20O4S2/c1-10-8-12(16-3)9-11(2)13(10)19(14,15)7-5-6-17-18-4/h8-9H,5-7H2,1-4H3. The van der Waals surface area contributed by atoms with Crippen LogP contribution in [0.15, 0.2) is 17.0 Å². The van der Waals surface area contributed by atoms with Crippen LogP contribution < -0.4 is 4.74 Å². The Balaban J connectivity index is 2.95. The van der Waals surface area contributed by atoms with Gasteiger partial charge < -0.3 is 8.92 Å². The van der Waals surface area contributed by atoms with Crippen molar-refractivity contribution < 1.29 is 17.3 Å². The fourth-order valence-electron chi connectivity index (χ4n) is 2.01. The van der Waals surface area contributed by atoms with Crippen LogP contribution in [0.3, 0.4) is 0 Å². The van der Waals surface area contributed by atoms with Crippen LogP contribution in [0.25, 0.3) is 0 Å². The summed E-state index contributed by atoms with van der Waals surface area (Å²) in [7, 11) is -1.70. The third kappa shape index (κ3) is 4.40. The van der Waals surface area contributed by atoms with Gasteiger partial charge in [-0.3, -0.25) is 0 Å². The average molecular weight is 304 g/mol. The molecule has 0 aliphatic heterocycles. The molecule has 0 spiro atoms. The van der Waals surface area contributed by atoms with E-state index in [1.165, 1.54) is 12.0 Å². The van der Waals surface area contributed by atoms with Crippen molar-refractivity contribution in [2.45, 2.75) is 25.2 Å². The molecule has 1 aromatic carbocycles. The molecule has 108 valence electrons. The Morgan fingerprint density at radius 1 is 1.21 bits per heavy atom. The first kappa shape index (κ1) is 16.3. The molecule has 1 aromatic rings. The van der Waals surface area contributed by atoms with E-state index in [1.54, 1.807) is 33.1 Å². The summed E-state index contributed by atoms with van der Waals surface area (Å²) >= 11 is 1.25. The zero-order valence-electron chi connectivity index (χ0n) is 11.7. The van der Waals surface area contributed by atoms with Gasteiger partial charge in [0, 0.05) is 6.26 Å². The summed E-state index contributed by atoms with van der Waals surface area (Å²) < 4.78 is 34.9. The molecule has 0 amide bonds. The van der Waals surface area contributed by atoms with Gasteiger partial charge in [0.2, 0.25) is 0 Å². The minimum absolute atomic E-state index is 0.0988. The number of hydrogen-bond donors (Lipinski definition) is 0. The lowest BCUT2D eigenvalue weighted by molar-refractivity contribution is 0.375. The van der Waals surface area contributed by atoms with E-state index in [-0.39, 0.29) is 5.75 Å². The van der Waals surface area contributed by atoms with Crippen LogP contribution in [-0.4, -0.2) is 34.1 Å². The molecule has 0 aliphatic carbocycles. The number of aryl methyl sites for hydroxylation is 2. The molecule has 0 heterocycles. The van der Waals surface area contributed by atoms with Crippen molar-refractivity contribution in [1.82, 2.24) is 0 Å². The molecule has 0 aromatic heterocycles. The topological polar surface area (TPSA) is 52.6 Å². The minimum atomic E-state index is -3.27. The van der Waals surface area contributed by atoms with Crippen LogP contribution in [0.5, 0.6) is 5.75 Å². The van der Waals surface area contributed by atoms with Gasteiger partial charge in [0.05, 0.1) is 24.4 Å². The molecule has 19 heavy (non-hydrogen) atoms. The Morgan fingerprint density at radius 2 is 1.79 bits per heavy atom. The third-order valence-electron chi connectivity index (χ3n) is 2.74. The number of hydrogen-bond acceptors (Lipinski definition) is 5. The Bertz CT molecular complexity index is 500. The van der Waals surface area contributed by atoms with Gasteiger partial charge in [0.1, 0.15) is 5.75 Å². The van der Waals surface area contributed by atoms with Crippen molar-refractivity contribution in [2.75, 3.05) is 25.7 Å². The molecule has 0 unspecified atom stereocenters. The van der Waals surface area contributed by atoms with Gasteiger partial charge in [0.15, 0.2) is 9.84 Å². The lowest BCUT2D eigenvalue weighted by Crippen LogP contribution is -2.12. The van der Waals surface area contributed by atoms with Gasteiger partial charge in [-0.2, -0.15) is 0 Å². The predicted molar refractivity (Wildman–Crippen MR) is 78.6 cm³/mol. The highest BCUT2D eigenvalue weighted by molar-refractivity contribution is 7.93. The van der Waals surface area contributed by atoms with E-state index in [0.29, 0.717) is 23.7 Å². The van der Waals surface area contributed by atoms with Crippen LogP contribution in [0.4, 0.5) is 0 Å². The monoisotopic (exact) mass is 304 g/mol. The second-order valence-corrected chi connectivity index (χ2v) is 6.87. The van der Waals surface area contributed by atoms with Crippen molar-refractivity contribution in [1.29, 1.82) is 0 Å². The van der Waals surface area contributed by atoms with E-state index in [2.05, 4.69) is 0 Å². The van der Waals surface area contributed by atoms with Crippen molar-refractivity contribution in [3.05, 3.63) is 23.3 Å². The molecule has 0 atom stereocenters. The summed E-state index contributed by atoms with van der Waals surface area (Å²) in [5.41, 5.74) is 1.45. The van der Waals surface area contributed by atoms with E-state index in [4.69, 9.17) is 8.92 Å². The summed E-state index contributed by atoms with van der Waals surface area (Å²) in [6, 6.07) is 3.50. The van der Waals surface area contributed by atoms with Gasteiger partial charge in [-0.1, -0.05) is 0 Å². The van der Waals surface area contributed by atoms with Crippen LogP contribution in [0.1, 0.15) is 17.5 Å². The second kappa shape index (κ2) is 7.17. The molecule has 0 aliphatic rings. The van der Waals surface area contributed by atoms with E-state index >= 15 is 0 Å². The number of sulfone groups is 1. The van der Waals surface area contributed by atoms with E-state index in [9.17, 15) is 8.42 Å². The largest absolute Gasteiger partial charge is 0.497 e. The van der Waals surface area contributed by atoms with Gasteiger partial charge in [0.25, 0.3) is 0 Å².